The van der Waals surface area contributed by atoms with E-state index >= 15 is 0 Å². The molecule has 11 heteroatoms. The second-order valence-corrected chi connectivity index (χ2v) is 8.18. The predicted octanol–water partition coefficient (Wildman–Crippen LogP) is 6.18. The maximum Gasteiger partial charge on any atom is 0.416 e. The third kappa shape index (κ3) is 4.46. The van der Waals surface area contributed by atoms with Gasteiger partial charge in [0.25, 0.3) is 0 Å². The van der Waals surface area contributed by atoms with E-state index in [9.17, 15) is 18.0 Å². The van der Waals surface area contributed by atoms with E-state index in [4.69, 9.17) is 0 Å². The highest BCUT2D eigenvalue weighted by Crippen LogP contribution is 2.31. The van der Waals surface area contributed by atoms with E-state index in [1.54, 1.807) is 34.8 Å². The number of nitrogens with zero attached hydrogens (tertiary/aromatic N) is 4. The van der Waals surface area contributed by atoms with Crippen LogP contribution in [0.3, 0.4) is 0 Å². The fourth-order valence-electron chi connectivity index (χ4n) is 3.33. The van der Waals surface area contributed by atoms with Gasteiger partial charge in [-0.3, -0.25) is 0 Å². The number of hydrogen-bond acceptors (Lipinski definition) is 5. The highest BCUT2D eigenvalue weighted by Gasteiger charge is 2.30. The molecule has 0 aliphatic heterocycles. The summed E-state index contributed by atoms with van der Waals surface area (Å²) in [6, 6.07) is 18.2. The third-order valence-corrected chi connectivity index (χ3v) is 5.73. The molecule has 7 nitrogen and oxygen atoms in total. The van der Waals surface area contributed by atoms with E-state index in [0.29, 0.717) is 22.9 Å². The van der Waals surface area contributed by atoms with Crippen molar-refractivity contribution in [3.05, 3.63) is 83.7 Å². The number of halogens is 3. The van der Waals surface area contributed by atoms with Crippen molar-refractivity contribution >= 4 is 34.4 Å². The molecule has 0 spiro atoms. The summed E-state index contributed by atoms with van der Waals surface area (Å²) in [6.45, 7) is 0. The second-order valence-electron chi connectivity index (χ2n) is 7.23. The van der Waals surface area contributed by atoms with Gasteiger partial charge in [0.05, 0.1) is 16.1 Å². The molecule has 0 aliphatic carbocycles. The molecule has 3 heterocycles. The molecule has 0 unspecified atom stereocenters. The average Bonchev–Trinajstić information content (AvgIpc) is 3.48. The molecular weight excluding hydrogens is 465 g/mol. The lowest BCUT2D eigenvalue weighted by Crippen LogP contribution is -2.19. The van der Waals surface area contributed by atoms with Gasteiger partial charge in [-0.1, -0.05) is 24.3 Å². The molecule has 0 saturated heterocycles. The summed E-state index contributed by atoms with van der Waals surface area (Å²) in [5, 5.41) is 20.0. The highest BCUT2D eigenvalue weighted by atomic mass is 32.1. The van der Waals surface area contributed by atoms with Gasteiger partial charge in [0, 0.05) is 16.9 Å². The summed E-state index contributed by atoms with van der Waals surface area (Å²) < 4.78 is 40.3. The van der Waals surface area contributed by atoms with E-state index in [1.165, 1.54) is 23.5 Å². The van der Waals surface area contributed by atoms with Crippen LogP contribution in [-0.4, -0.2) is 25.8 Å². The van der Waals surface area contributed by atoms with E-state index in [0.717, 1.165) is 22.6 Å². The number of hydrogen-bond donors (Lipinski definition) is 2. The number of thiophene rings is 1. The monoisotopic (exact) mass is 480 g/mol. The van der Waals surface area contributed by atoms with Gasteiger partial charge in [0.15, 0.2) is 11.5 Å². The normalized spacial score (nSPS) is 11.5. The first-order chi connectivity index (χ1) is 16.4. The summed E-state index contributed by atoms with van der Waals surface area (Å²) in [6.07, 6.45) is -4.50. The fraction of sp³-hybridized carbons (Fsp3) is 0.0435. The Hall–Kier alpha value is -4.25. The Labute approximate surface area is 194 Å². The molecule has 0 radical (unpaired) electrons. The molecule has 2 amide bonds. The first-order valence-electron chi connectivity index (χ1n) is 9.99. The van der Waals surface area contributed by atoms with Crippen molar-refractivity contribution in [1.82, 2.24) is 19.8 Å². The van der Waals surface area contributed by atoms with Crippen molar-refractivity contribution in [3.63, 3.8) is 0 Å². The van der Waals surface area contributed by atoms with Crippen LogP contribution in [-0.2, 0) is 6.18 Å². The first kappa shape index (κ1) is 21.6. The molecule has 0 aliphatic rings. The number of carbonyl (C=O) groups excluding carboxylic acids is 1. The average molecular weight is 480 g/mol. The van der Waals surface area contributed by atoms with Gasteiger partial charge in [0.2, 0.25) is 0 Å². The standard InChI is InChI=1S/C23H15F3N6OS/c24-23(25,26)15-5-2-7-17(13-15)28-22(33)27-16-6-1-4-14(12-16)18-9-10-20-29-30-21(32(20)31-18)19-8-3-11-34-19/h1-13H,(H2,27,28,33). The van der Waals surface area contributed by atoms with Gasteiger partial charge in [-0.15, -0.1) is 21.5 Å². The Morgan fingerprint density at radius 1 is 0.882 bits per heavy atom. The van der Waals surface area contributed by atoms with Crippen LogP contribution in [0.15, 0.2) is 78.2 Å². The maximum absolute atomic E-state index is 12.9. The van der Waals surface area contributed by atoms with Gasteiger partial charge in [-0.2, -0.15) is 22.8 Å². The number of urea groups is 1. The van der Waals surface area contributed by atoms with E-state index in [-0.39, 0.29) is 5.69 Å². The number of benzene rings is 2. The zero-order valence-electron chi connectivity index (χ0n) is 17.2. The van der Waals surface area contributed by atoms with Crippen molar-refractivity contribution in [2.24, 2.45) is 0 Å². The lowest BCUT2D eigenvalue weighted by molar-refractivity contribution is -0.137. The smallest absolute Gasteiger partial charge is 0.308 e. The molecule has 3 aromatic heterocycles. The van der Waals surface area contributed by atoms with Gasteiger partial charge in [0.1, 0.15) is 0 Å². The molecule has 34 heavy (non-hydrogen) atoms. The summed E-state index contributed by atoms with van der Waals surface area (Å²) in [5.41, 5.74) is 1.60. The number of fused-ring (bicyclic) bond motifs is 1. The van der Waals surface area contributed by atoms with Crippen molar-refractivity contribution < 1.29 is 18.0 Å². The molecule has 2 aromatic carbocycles. The summed E-state index contributed by atoms with van der Waals surface area (Å²) >= 11 is 1.53. The first-order valence-corrected chi connectivity index (χ1v) is 10.9. The topological polar surface area (TPSA) is 84.2 Å². The van der Waals surface area contributed by atoms with Crippen LogP contribution in [0.2, 0.25) is 0 Å². The molecule has 5 rings (SSSR count). The van der Waals surface area contributed by atoms with Crippen LogP contribution >= 0.6 is 11.3 Å². The lowest BCUT2D eigenvalue weighted by Gasteiger charge is -2.11. The van der Waals surface area contributed by atoms with Crippen molar-refractivity contribution in [2.75, 3.05) is 10.6 Å². The number of alkyl halides is 3. The van der Waals surface area contributed by atoms with E-state index in [2.05, 4.69) is 25.9 Å². The second kappa shape index (κ2) is 8.60. The van der Waals surface area contributed by atoms with Crippen LogP contribution < -0.4 is 10.6 Å². The number of rotatable bonds is 4. The zero-order chi connectivity index (χ0) is 23.7. The summed E-state index contributed by atoms with van der Waals surface area (Å²) in [4.78, 5) is 13.3. The van der Waals surface area contributed by atoms with Gasteiger partial charge in [-0.25, -0.2) is 4.79 Å². The SMILES string of the molecule is O=C(Nc1cccc(-c2ccc3nnc(-c4cccs4)n3n2)c1)Nc1cccc(C(F)(F)F)c1. The molecule has 2 N–H and O–H groups in total. The Morgan fingerprint density at radius 2 is 1.65 bits per heavy atom. The third-order valence-electron chi connectivity index (χ3n) is 4.87. The lowest BCUT2D eigenvalue weighted by atomic mass is 10.1. The van der Waals surface area contributed by atoms with Crippen molar-refractivity contribution in [1.29, 1.82) is 0 Å². The minimum Gasteiger partial charge on any atom is -0.308 e. The molecule has 0 bridgehead atoms. The Bertz CT molecular complexity index is 1480. The van der Waals surface area contributed by atoms with Crippen molar-refractivity contribution in [3.8, 4) is 22.0 Å². The molecule has 0 saturated carbocycles. The molecule has 5 aromatic rings. The number of nitrogens with one attached hydrogen (secondary N) is 2. The Balaban J connectivity index is 1.36. The van der Waals surface area contributed by atoms with Gasteiger partial charge < -0.3 is 10.6 Å². The van der Waals surface area contributed by atoms with Crippen molar-refractivity contribution in [2.45, 2.75) is 6.18 Å². The van der Waals surface area contributed by atoms with Crippen LogP contribution in [0.25, 0.3) is 27.6 Å². The largest absolute Gasteiger partial charge is 0.416 e. The minimum atomic E-state index is -4.50. The van der Waals surface area contributed by atoms with E-state index in [1.807, 2.05) is 23.6 Å². The summed E-state index contributed by atoms with van der Waals surface area (Å²) in [5.74, 6) is 0.626. The van der Waals surface area contributed by atoms with Gasteiger partial charge in [-0.05, 0) is 53.9 Å². The molecule has 170 valence electrons. The number of anilines is 2. The predicted molar refractivity (Wildman–Crippen MR) is 124 cm³/mol. The van der Waals surface area contributed by atoms with Crippen LogP contribution in [0.5, 0.6) is 0 Å². The minimum absolute atomic E-state index is 0.0318. The number of carbonyl (C=O) groups is 1. The Morgan fingerprint density at radius 3 is 2.38 bits per heavy atom. The molecule has 0 atom stereocenters. The molecular formula is C23H15F3N6OS. The molecule has 0 fully saturated rings. The van der Waals surface area contributed by atoms with Crippen LogP contribution in [0.4, 0.5) is 29.3 Å². The zero-order valence-corrected chi connectivity index (χ0v) is 18.1. The van der Waals surface area contributed by atoms with Crippen LogP contribution in [0, 0.1) is 0 Å². The number of amides is 2. The van der Waals surface area contributed by atoms with E-state index < -0.39 is 17.8 Å². The quantitative estimate of drug-likeness (QED) is 0.322. The highest BCUT2D eigenvalue weighted by molar-refractivity contribution is 7.13. The number of aromatic nitrogens is 4. The van der Waals surface area contributed by atoms with Crippen LogP contribution in [0.1, 0.15) is 5.56 Å². The maximum atomic E-state index is 12.9. The Kier molecular flexibility index (Phi) is 5.46. The van der Waals surface area contributed by atoms with Gasteiger partial charge >= 0.3 is 12.2 Å². The fourth-order valence-corrected chi connectivity index (χ4v) is 4.02. The summed E-state index contributed by atoms with van der Waals surface area (Å²) in [7, 11) is 0.